The fourth-order valence-corrected chi connectivity index (χ4v) is 2.16. The van der Waals surface area contributed by atoms with Crippen LogP contribution in [0.1, 0.15) is 25.3 Å². The average Bonchev–Trinajstić information content (AvgIpc) is 2.31. The van der Waals surface area contributed by atoms with Crippen LogP contribution in [0.2, 0.25) is 0 Å². The van der Waals surface area contributed by atoms with E-state index in [4.69, 9.17) is 0 Å². The van der Waals surface area contributed by atoms with E-state index >= 15 is 0 Å². The quantitative estimate of drug-likeness (QED) is 0.802. The van der Waals surface area contributed by atoms with Gasteiger partial charge in [0.2, 0.25) is 5.91 Å². The second-order valence-corrected chi connectivity index (χ2v) is 5.40. The molecule has 1 aromatic rings. The van der Waals surface area contributed by atoms with Crippen LogP contribution in [0.25, 0.3) is 0 Å². The number of hydrogen-bond donors (Lipinski definition) is 1. The van der Waals surface area contributed by atoms with Crippen LogP contribution in [0.4, 0.5) is 8.78 Å². The minimum atomic E-state index is -0.686. The molecule has 0 aliphatic heterocycles. The van der Waals surface area contributed by atoms with Crippen molar-refractivity contribution in [2.45, 2.75) is 31.0 Å². The number of nitrogens with one attached hydrogen (secondary N) is 1. The maximum atomic E-state index is 13.3. The van der Waals surface area contributed by atoms with Crippen molar-refractivity contribution in [3.63, 3.8) is 0 Å². The fourth-order valence-electron chi connectivity index (χ4n) is 1.54. The molecule has 1 rings (SSSR count). The van der Waals surface area contributed by atoms with Gasteiger partial charge in [-0.1, -0.05) is 35.3 Å². The average molecular weight is 320 g/mol. The summed E-state index contributed by atoms with van der Waals surface area (Å²) in [6, 6.07) is 3.23. The number of alkyl halides is 1. The summed E-state index contributed by atoms with van der Waals surface area (Å²) in [5, 5.41) is 2.71. The lowest BCUT2D eigenvalue weighted by atomic mass is 10.1. The second kappa shape index (κ2) is 7.46. The van der Waals surface area contributed by atoms with Crippen molar-refractivity contribution in [2.75, 3.05) is 6.54 Å². The van der Waals surface area contributed by atoms with Gasteiger partial charge in [0.05, 0.1) is 6.42 Å². The van der Waals surface area contributed by atoms with Crippen LogP contribution in [0.3, 0.4) is 0 Å². The second-order valence-electron chi connectivity index (χ2n) is 4.10. The van der Waals surface area contributed by atoms with Gasteiger partial charge in [0.25, 0.3) is 0 Å². The Balaban J connectivity index is 2.44. The summed E-state index contributed by atoms with van der Waals surface area (Å²) in [5.41, 5.74) is 0.204. The normalized spacial score (nSPS) is 12.2. The van der Waals surface area contributed by atoms with Gasteiger partial charge < -0.3 is 5.32 Å². The van der Waals surface area contributed by atoms with Crippen LogP contribution >= 0.6 is 15.9 Å². The van der Waals surface area contributed by atoms with E-state index in [0.29, 0.717) is 6.54 Å². The molecule has 0 saturated heterocycles. The molecule has 1 atom stereocenters. The minimum Gasteiger partial charge on any atom is -0.355 e. The monoisotopic (exact) mass is 319 g/mol. The largest absolute Gasteiger partial charge is 0.355 e. The molecule has 0 aliphatic rings. The van der Waals surface area contributed by atoms with Gasteiger partial charge in [-0.2, -0.15) is 0 Å². The van der Waals surface area contributed by atoms with Crippen molar-refractivity contribution in [2.24, 2.45) is 0 Å². The number of halogens is 3. The van der Waals surface area contributed by atoms with Crippen molar-refractivity contribution >= 4 is 21.8 Å². The van der Waals surface area contributed by atoms with Crippen LogP contribution in [0, 0.1) is 11.6 Å². The molecule has 1 aromatic carbocycles. The summed E-state index contributed by atoms with van der Waals surface area (Å²) < 4.78 is 26.0. The Morgan fingerprint density at radius 2 is 2.17 bits per heavy atom. The lowest BCUT2D eigenvalue weighted by Crippen LogP contribution is -2.30. The van der Waals surface area contributed by atoms with E-state index in [1.54, 1.807) is 0 Å². The van der Waals surface area contributed by atoms with Gasteiger partial charge in [-0.3, -0.25) is 4.79 Å². The first-order valence-corrected chi connectivity index (χ1v) is 6.79. The predicted octanol–water partition coefficient (Wildman–Crippen LogP) is 3.19. The van der Waals surface area contributed by atoms with E-state index < -0.39 is 11.6 Å². The van der Waals surface area contributed by atoms with Gasteiger partial charge in [0.1, 0.15) is 11.6 Å². The molecule has 0 fully saturated rings. The van der Waals surface area contributed by atoms with Gasteiger partial charge in [0, 0.05) is 17.4 Å². The number of carbonyl (C=O) groups excluding carboxylic acids is 1. The van der Waals surface area contributed by atoms with Crippen molar-refractivity contribution in [3.05, 3.63) is 35.4 Å². The highest BCUT2D eigenvalue weighted by atomic mass is 79.9. The summed E-state index contributed by atoms with van der Waals surface area (Å²) in [6.45, 7) is 2.57. The standard InChI is InChI=1S/C13H16BrF2NO/c1-2-3-10(14)8-17-13(18)6-9-4-5-11(15)7-12(9)16/h4-5,7,10H,2-3,6,8H2,1H3,(H,17,18). The summed E-state index contributed by atoms with van der Waals surface area (Å²) in [4.78, 5) is 11.8. The molecular weight excluding hydrogens is 304 g/mol. The van der Waals surface area contributed by atoms with E-state index in [0.717, 1.165) is 25.0 Å². The Morgan fingerprint density at radius 1 is 1.44 bits per heavy atom. The molecule has 0 heterocycles. The summed E-state index contributed by atoms with van der Waals surface area (Å²) in [6.07, 6.45) is 1.92. The third-order valence-electron chi connectivity index (χ3n) is 2.49. The lowest BCUT2D eigenvalue weighted by Gasteiger charge is -2.10. The first kappa shape index (κ1) is 15.1. The minimum absolute atomic E-state index is 0.0715. The van der Waals surface area contributed by atoms with Gasteiger partial charge in [-0.15, -0.1) is 0 Å². The lowest BCUT2D eigenvalue weighted by molar-refractivity contribution is -0.120. The molecule has 1 N–H and O–H groups in total. The topological polar surface area (TPSA) is 29.1 Å². The summed E-state index contributed by atoms with van der Waals surface area (Å²) in [5.74, 6) is -1.59. The Labute approximate surface area is 114 Å². The van der Waals surface area contributed by atoms with Crippen LogP contribution < -0.4 is 5.32 Å². The smallest absolute Gasteiger partial charge is 0.224 e. The first-order chi connectivity index (χ1) is 8.52. The number of carbonyl (C=O) groups is 1. The Bertz CT molecular complexity index is 412. The van der Waals surface area contributed by atoms with E-state index in [2.05, 4.69) is 28.2 Å². The number of amides is 1. The highest BCUT2D eigenvalue weighted by Gasteiger charge is 2.10. The molecule has 18 heavy (non-hydrogen) atoms. The van der Waals surface area contributed by atoms with Crippen LogP contribution in [0.5, 0.6) is 0 Å². The zero-order valence-electron chi connectivity index (χ0n) is 10.2. The molecule has 5 heteroatoms. The van der Waals surface area contributed by atoms with Crippen LogP contribution in [-0.4, -0.2) is 17.3 Å². The zero-order valence-corrected chi connectivity index (χ0v) is 11.8. The highest BCUT2D eigenvalue weighted by Crippen LogP contribution is 2.10. The van der Waals surface area contributed by atoms with Gasteiger partial charge >= 0.3 is 0 Å². The van der Waals surface area contributed by atoms with Crippen molar-refractivity contribution in [1.82, 2.24) is 5.32 Å². The zero-order chi connectivity index (χ0) is 13.5. The van der Waals surface area contributed by atoms with Crippen LogP contribution in [0.15, 0.2) is 18.2 Å². The molecular formula is C13H16BrF2NO. The van der Waals surface area contributed by atoms with E-state index in [9.17, 15) is 13.6 Å². The van der Waals surface area contributed by atoms with Gasteiger partial charge in [0.15, 0.2) is 0 Å². The summed E-state index contributed by atoms with van der Waals surface area (Å²) in [7, 11) is 0. The van der Waals surface area contributed by atoms with Crippen molar-refractivity contribution in [3.8, 4) is 0 Å². The number of rotatable bonds is 6. The molecule has 0 aliphatic carbocycles. The molecule has 0 radical (unpaired) electrons. The van der Waals surface area contributed by atoms with Crippen LogP contribution in [-0.2, 0) is 11.2 Å². The third-order valence-corrected chi connectivity index (χ3v) is 3.27. The van der Waals surface area contributed by atoms with E-state index in [1.165, 1.54) is 6.07 Å². The number of benzene rings is 1. The van der Waals surface area contributed by atoms with Crippen molar-refractivity contribution in [1.29, 1.82) is 0 Å². The highest BCUT2D eigenvalue weighted by molar-refractivity contribution is 9.09. The van der Waals surface area contributed by atoms with Crippen molar-refractivity contribution < 1.29 is 13.6 Å². The van der Waals surface area contributed by atoms with E-state index in [1.807, 2.05) is 0 Å². The molecule has 0 bridgehead atoms. The fraction of sp³-hybridized carbons (Fsp3) is 0.462. The maximum Gasteiger partial charge on any atom is 0.224 e. The first-order valence-electron chi connectivity index (χ1n) is 5.87. The Hall–Kier alpha value is -0.970. The van der Waals surface area contributed by atoms with Gasteiger partial charge in [-0.25, -0.2) is 8.78 Å². The molecule has 0 aromatic heterocycles. The molecule has 1 unspecified atom stereocenters. The Morgan fingerprint density at radius 3 is 2.78 bits per heavy atom. The molecule has 1 amide bonds. The molecule has 2 nitrogen and oxygen atoms in total. The number of hydrogen-bond acceptors (Lipinski definition) is 1. The Kier molecular flexibility index (Phi) is 6.25. The van der Waals surface area contributed by atoms with E-state index in [-0.39, 0.29) is 22.7 Å². The molecule has 0 saturated carbocycles. The molecule has 0 spiro atoms. The third kappa shape index (κ3) is 5.12. The maximum absolute atomic E-state index is 13.3. The SMILES string of the molecule is CCCC(Br)CNC(=O)Cc1ccc(F)cc1F. The van der Waals surface area contributed by atoms with Gasteiger partial charge in [-0.05, 0) is 18.1 Å². The predicted molar refractivity (Wildman–Crippen MR) is 70.7 cm³/mol. The summed E-state index contributed by atoms with van der Waals surface area (Å²) >= 11 is 3.44. The molecule has 100 valence electrons.